The van der Waals surface area contributed by atoms with Crippen LogP contribution in [-0.2, 0) is 34.0 Å². The third-order valence-electron chi connectivity index (χ3n) is 11.7. The number of benzene rings is 2. The molecule has 0 radical (unpaired) electrons. The van der Waals surface area contributed by atoms with Gasteiger partial charge in [0.05, 0.1) is 24.3 Å². The molecule has 5 atom stereocenters. The molecule has 312 valence electrons. The Morgan fingerprint density at radius 3 is 2.41 bits per heavy atom. The summed E-state index contributed by atoms with van der Waals surface area (Å²) in [7, 11) is -4.13. The Balaban J connectivity index is 1.24. The zero-order valence-electron chi connectivity index (χ0n) is 33.3. The van der Waals surface area contributed by atoms with E-state index in [2.05, 4.69) is 21.9 Å². The summed E-state index contributed by atoms with van der Waals surface area (Å²) < 4.78 is 61.3. The number of cyclic esters (lactones) is 1. The van der Waals surface area contributed by atoms with Gasteiger partial charge in [-0.2, -0.15) is 0 Å². The number of carbonyl (C=O) groups is 4. The van der Waals surface area contributed by atoms with Gasteiger partial charge in [-0.1, -0.05) is 88.3 Å². The van der Waals surface area contributed by atoms with E-state index in [1.54, 1.807) is 20.8 Å². The molecule has 2 heterocycles. The van der Waals surface area contributed by atoms with Crippen LogP contribution < -0.4 is 15.4 Å². The van der Waals surface area contributed by atoms with E-state index in [1.807, 2.05) is 67.1 Å². The summed E-state index contributed by atoms with van der Waals surface area (Å²) in [5, 5.41) is 8.95. The lowest BCUT2D eigenvalue weighted by Gasteiger charge is -2.35. The molecule has 3 N–H and O–H groups in total. The summed E-state index contributed by atoms with van der Waals surface area (Å²) in [6.07, 6.45) is 1.79. The number of halogens is 2. The smallest absolute Gasteiger partial charge is 0.407 e. The van der Waals surface area contributed by atoms with Crippen molar-refractivity contribution >= 4 is 45.6 Å². The Kier molecular flexibility index (Phi) is 11.0. The number of hydrogen-bond acceptors (Lipinski definition) is 9. The van der Waals surface area contributed by atoms with E-state index in [9.17, 15) is 36.4 Å². The first kappa shape index (κ1) is 41.3. The lowest BCUT2D eigenvalue weighted by atomic mass is 9.85. The lowest BCUT2D eigenvalue weighted by molar-refractivity contribution is -0.143. The summed E-state index contributed by atoms with van der Waals surface area (Å²) in [6, 6.07) is 11.2. The molecule has 58 heavy (non-hydrogen) atoms. The number of amides is 4. The van der Waals surface area contributed by atoms with E-state index in [0.717, 1.165) is 47.1 Å². The molecule has 4 amide bonds. The van der Waals surface area contributed by atoms with E-state index < -0.39 is 87.0 Å². The number of hydrogen-bond donors (Lipinski definition) is 3. The third-order valence-corrected chi connectivity index (χ3v) is 13.5. The Bertz CT molecular complexity index is 2160. The molecule has 13 nitrogen and oxygen atoms in total. The Hall–Kier alpha value is -4.86. The van der Waals surface area contributed by atoms with E-state index in [4.69, 9.17) is 9.57 Å². The van der Waals surface area contributed by atoms with Gasteiger partial charge in [-0.05, 0) is 72.1 Å². The number of nitrogens with zero attached hydrogens (tertiary/aromatic N) is 2. The Morgan fingerprint density at radius 1 is 1.03 bits per heavy atom. The normalized spacial score (nSPS) is 28.8. The van der Waals surface area contributed by atoms with Crippen molar-refractivity contribution in [1.29, 1.82) is 0 Å². The van der Waals surface area contributed by atoms with Crippen molar-refractivity contribution in [3.63, 3.8) is 0 Å². The third kappa shape index (κ3) is 8.48. The summed E-state index contributed by atoms with van der Waals surface area (Å²) in [4.78, 5) is 63.0. The van der Waals surface area contributed by atoms with Gasteiger partial charge in [0.15, 0.2) is 0 Å². The van der Waals surface area contributed by atoms with Crippen LogP contribution in [0.3, 0.4) is 0 Å². The number of alkyl halides is 2. The molecule has 0 spiro atoms. The molecule has 16 heteroatoms. The first-order valence-electron chi connectivity index (χ1n) is 19.8. The maximum Gasteiger partial charge on any atom is 0.407 e. The fourth-order valence-corrected chi connectivity index (χ4v) is 9.39. The number of ether oxygens (including phenoxy) is 1. The topological polar surface area (TPSA) is 173 Å². The summed E-state index contributed by atoms with van der Waals surface area (Å²) >= 11 is 0. The van der Waals surface area contributed by atoms with E-state index >= 15 is 0 Å². The quantitative estimate of drug-likeness (QED) is 0.292. The largest absolute Gasteiger partial charge is 0.449 e. The maximum absolute atomic E-state index is 14.6. The van der Waals surface area contributed by atoms with Crippen molar-refractivity contribution < 1.29 is 46.0 Å². The molecule has 3 fully saturated rings. The highest BCUT2D eigenvalue weighted by atomic mass is 32.2. The zero-order chi connectivity index (χ0) is 41.8. The predicted molar refractivity (Wildman–Crippen MR) is 212 cm³/mol. The van der Waals surface area contributed by atoms with Gasteiger partial charge in [-0.25, -0.2) is 22.0 Å². The predicted octanol–water partition coefficient (Wildman–Crippen LogP) is 5.52. The van der Waals surface area contributed by atoms with Crippen molar-refractivity contribution in [2.45, 2.75) is 115 Å². The van der Waals surface area contributed by atoms with Crippen molar-refractivity contribution in [3.8, 4) is 11.1 Å². The van der Waals surface area contributed by atoms with Crippen LogP contribution in [0.5, 0.6) is 0 Å². The van der Waals surface area contributed by atoms with Gasteiger partial charge in [0.2, 0.25) is 28.3 Å². The van der Waals surface area contributed by atoms with Gasteiger partial charge in [0.25, 0.3) is 5.91 Å². The van der Waals surface area contributed by atoms with Crippen LogP contribution in [0.25, 0.3) is 17.2 Å². The number of nitrogens with one attached hydrogen (secondary N) is 3. The second kappa shape index (κ2) is 15.4. The van der Waals surface area contributed by atoms with Crippen molar-refractivity contribution in [3.05, 3.63) is 65.2 Å². The molecule has 2 aromatic carbocycles. The van der Waals surface area contributed by atoms with E-state index in [0.29, 0.717) is 18.6 Å². The van der Waals surface area contributed by atoms with Crippen molar-refractivity contribution in [2.75, 3.05) is 13.2 Å². The number of sulfonamides is 1. The van der Waals surface area contributed by atoms with E-state index in [-0.39, 0.29) is 25.0 Å². The standard InChI is InChI=1S/C42H51F2N5O8S/c1-40(2,3)34-37(51)49-22-25(20-32(49)36(50)46-42(21-31(42)35(43)44)38(52)48-58(54,55)26-15-16-26)57-47-33-29-13-9-8-12-27(29)28-17-14-24(19-30(28)33)11-7-6-10-18-41(4,5)23-56-39(53)45-34/h7-9,11-14,17,19,25-26,31-32,34-35H,6,10,15-16,18,20-23H2,1-5H3,(H,45,53)(H,46,50)(H,48,52)/b11-7-,47-33+/t25-,31+,32+,34-,42+/m1/s1. The number of fused-ring (bicyclic) bond motifs is 6. The Morgan fingerprint density at radius 2 is 1.74 bits per heavy atom. The molecule has 0 aromatic heterocycles. The monoisotopic (exact) mass is 823 g/mol. The number of rotatable bonds is 6. The van der Waals surface area contributed by atoms with Crippen LogP contribution >= 0.6 is 0 Å². The van der Waals surface area contributed by atoms with Crippen LogP contribution in [-0.4, -0.2) is 91.4 Å². The van der Waals surface area contributed by atoms with Gasteiger partial charge >= 0.3 is 6.09 Å². The molecule has 7 rings (SSSR count). The number of alkyl carbamates (subject to hydrolysis) is 1. The van der Waals surface area contributed by atoms with Crippen LogP contribution in [0.2, 0.25) is 0 Å². The summed E-state index contributed by atoms with van der Waals surface area (Å²) in [5.41, 5.74) is 1.60. The van der Waals surface area contributed by atoms with Crippen LogP contribution in [0.4, 0.5) is 13.6 Å². The first-order chi connectivity index (χ1) is 27.3. The number of oxime groups is 1. The fourth-order valence-electron chi connectivity index (χ4n) is 8.02. The van der Waals surface area contributed by atoms with Crippen LogP contribution in [0.15, 0.2) is 53.7 Å². The average Bonchev–Trinajstić information content (AvgIpc) is 4.07. The second-order valence-electron chi connectivity index (χ2n) is 18.0. The minimum atomic E-state index is -4.13. The second-order valence-corrected chi connectivity index (χ2v) is 20.0. The van der Waals surface area contributed by atoms with Gasteiger partial charge in [-0.15, -0.1) is 0 Å². The minimum Gasteiger partial charge on any atom is -0.449 e. The number of carbonyl (C=O) groups excluding carboxylic acids is 4. The SMILES string of the molecule is CC1(C)CCC/C=C\c2ccc3c(c2)/C(=N/O[C@@H]2C[C@@H](C(=O)N[C@@]4(C(=O)NS(=O)(=O)C5CC5)C[C@H]4C(F)F)N(C2)C(=O)[C@H](C(C)(C)C)NC(=O)OC1)c1ccccc1-3. The molecule has 1 saturated heterocycles. The molecular formula is C42H51F2N5O8S. The van der Waals surface area contributed by atoms with Gasteiger partial charge < -0.3 is 25.1 Å². The zero-order valence-corrected chi connectivity index (χ0v) is 34.2. The molecular weight excluding hydrogens is 773 g/mol. The molecule has 2 aromatic rings. The van der Waals surface area contributed by atoms with Gasteiger partial charge in [0, 0.05) is 17.5 Å². The van der Waals surface area contributed by atoms with Crippen LogP contribution in [0.1, 0.15) is 96.3 Å². The van der Waals surface area contributed by atoms with Gasteiger partial charge in [-0.3, -0.25) is 19.1 Å². The lowest BCUT2D eigenvalue weighted by Crippen LogP contribution is -2.60. The molecule has 2 saturated carbocycles. The van der Waals surface area contributed by atoms with Crippen molar-refractivity contribution in [1.82, 2.24) is 20.3 Å². The number of allylic oxidation sites excluding steroid dienone is 1. The molecule has 3 aliphatic carbocycles. The highest BCUT2D eigenvalue weighted by molar-refractivity contribution is 7.91. The first-order valence-corrected chi connectivity index (χ1v) is 21.4. The van der Waals surface area contributed by atoms with E-state index in [1.165, 1.54) is 4.90 Å². The van der Waals surface area contributed by atoms with Crippen molar-refractivity contribution in [2.24, 2.45) is 21.9 Å². The average molecular weight is 824 g/mol. The van der Waals surface area contributed by atoms with Crippen LogP contribution in [0, 0.1) is 16.7 Å². The van der Waals surface area contributed by atoms with Gasteiger partial charge in [0.1, 0.15) is 29.4 Å². The summed E-state index contributed by atoms with van der Waals surface area (Å²) in [6.45, 7) is 9.09. The highest BCUT2D eigenvalue weighted by Gasteiger charge is 2.67. The molecule has 4 bridgehead atoms. The molecule has 0 unspecified atom stereocenters. The molecule has 5 aliphatic rings. The minimum absolute atomic E-state index is 0.0790. The highest BCUT2D eigenvalue weighted by Crippen LogP contribution is 2.48. The molecule has 2 aliphatic heterocycles. The fraction of sp³-hybridized carbons (Fsp3) is 0.548. The Labute approximate surface area is 337 Å². The summed E-state index contributed by atoms with van der Waals surface area (Å²) in [5.74, 6) is -4.52. The maximum atomic E-state index is 14.6.